The second-order valence-corrected chi connectivity index (χ2v) is 4.42. The molecule has 2 heteroatoms. The van der Waals surface area contributed by atoms with Crippen molar-refractivity contribution in [2.75, 3.05) is 6.61 Å². The van der Waals surface area contributed by atoms with Crippen LogP contribution in [0.5, 0.6) is 0 Å². The number of aliphatic hydroxyl groups is 1. The minimum absolute atomic E-state index is 0.622. The lowest BCUT2D eigenvalue weighted by atomic mass is 9.78. The van der Waals surface area contributed by atoms with Crippen molar-refractivity contribution in [1.82, 2.24) is 0 Å². The summed E-state index contributed by atoms with van der Waals surface area (Å²) in [5, 5.41) is 10.3. The number of rotatable bonds is 1. The lowest BCUT2D eigenvalue weighted by molar-refractivity contribution is -0.0187. The fourth-order valence-electron chi connectivity index (χ4n) is 2.23. The predicted octanol–water partition coefficient (Wildman–Crippen LogP) is 2.23. The van der Waals surface area contributed by atoms with Gasteiger partial charge in [-0.1, -0.05) is 6.92 Å². The molecular weight excluding hydrogens is 164 g/mol. The molecule has 2 aliphatic rings. The van der Waals surface area contributed by atoms with Crippen LogP contribution in [0.15, 0.2) is 11.8 Å². The van der Waals surface area contributed by atoms with E-state index in [-0.39, 0.29) is 0 Å². The van der Waals surface area contributed by atoms with Crippen LogP contribution in [0.4, 0.5) is 0 Å². The van der Waals surface area contributed by atoms with Crippen molar-refractivity contribution in [1.29, 1.82) is 0 Å². The average Bonchev–Trinajstić information content (AvgIpc) is 2.63. The Balaban J connectivity index is 2.03. The molecule has 2 nitrogen and oxygen atoms in total. The molecule has 0 unspecified atom stereocenters. The highest BCUT2D eigenvalue weighted by Gasteiger charge is 2.37. The van der Waals surface area contributed by atoms with Crippen LogP contribution < -0.4 is 0 Å². The third-order valence-electron chi connectivity index (χ3n) is 3.27. The summed E-state index contributed by atoms with van der Waals surface area (Å²) in [7, 11) is 0. The second-order valence-electron chi connectivity index (χ2n) is 4.42. The SMILES string of the molecule is CC1CCC(O)(C2=CCCO2)CC1. The highest BCUT2D eigenvalue weighted by molar-refractivity contribution is 5.14. The van der Waals surface area contributed by atoms with Crippen LogP contribution in [0.25, 0.3) is 0 Å². The molecule has 13 heavy (non-hydrogen) atoms. The van der Waals surface area contributed by atoms with Gasteiger partial charge in [-0.05, 0) is 37.7 Å². The maximum Gasteiger partial charge on any atom is 0.124 e. The molecule has 0 aromatic carbocycles. The van der Waals surface area contributed by atoms with E-state index in [0.717, 1.165) is 50.4 Å². The summed E-state index contributed by atoms with van der Waals surface area (Å²) in [4.78, 5) is 0. The van der Waals surface area contributed by atoms with E-state index in [1.54, 1.807) is 0 Å². The molecule has 2 rings (SSSR count). The third-order valence-corrected chi connectivity index (χ3v) is 3.27. The molecule has 1 N–H and O–H groups in total. The first-order chi connectivity index (χ1) is 6.21. The van der Waals surface area contributed by atoms with Gasteiger partial charge in [0.15, 0.2) is 0 Å². The Kier molecular flexibility index (Phi) is 2.33. The summed E-state index contributed by atoms with van der Waals surface area (Å²) in [5.41, 5.74) is -0.622. The Morgan fingerprint density at radius 2 is 2.15 bits per heavy atom. The van der Waals surface area contributed by atoms with E-state index in [0.29, 0.717) is 0 Å². The summed E-state index contributed by atoms with van der Waals surface area (Å²) >= 11 is 0. The third kappa shape index (κ3) is 1.73. The van der Waals surface area contributed by atoms with Crippen LogP contribution in [0, 0.1) is 5.92 Å². The van der Waals surface area contributed by atoms with Gasteiger partial charge >= 0.3 is 0 Å². The summed E-state index contributed by atoms with van der Waals surface area (Å²) in [6.45, 7) is 3.01. The maximum absolute atomic E-state index is 10.3. The van der Waals surface area contributed by atoms with Crippen LogP contribution in [-0.4, -0.2) is 17.3 Å². The van der Waals surface area contributed by atoms with Gasteiger partial charge in [0, 0.05) is 6.42 Å². The monoisotopic (exact) mass is 182 g/mol. The number of hydrogen-bond donors (Lipinski definition) is 1. The average molecular weight is 182 g/mol. The van der Waals surface area contributed by atoms with Crippen molar-refractivity contribution in [2.45, 2.75) is 44.6 Å². The van der Waals surface area contributed by atoms with Crippen LogP contribution in [-0.2, 0) is 4.74 Å². The largest absolute Gasteiger partial charge is 0.495 e. The summed E-state index contributed by atoms with van der Waals surface area (Å²) < 4.78 is 5.44. The first kappa shape index (κ1) is 9.07. The summed E-state index contributed by atoms with van der Waals surface area (Å²) in [6, 6.07) is 0. The molecule has 1 aliphatic heterocycles. The molecule has 0 atom stereocenters. The van der Waals surface area contributed by atoms with Gasteiger partial charge in [-0.25, -0.2) is 0 Å². The lowest BCUT2D eigenvalue weighted by Gasteiger charge is -2.35. The Bertz CT molecular complexity index is 212. The normalized spacial score (nSPS) is 39.8. The number of ether oxygens (including phenoxy) is 1. The van der Waals surface area contributed by atoms with E-state index in [1.807, 2.05) is 0 Å². The van der Waals surface area contributed by atoms with Crippen molar-refractivity contribution in [3.63, 3.8) is 0 Å². The molecule has 0 saturated heterocycles. The molecule has 0 aromatic heterocycles. The summed E-state index contributed by atoms with van der Waals surface area (Å²) in [5.74, 6) is 1.61. The molecule has 0 radical (unpaired) electrons. The van der Waals surface area contributed by atoms with Crippen molar-refractivity contribution < 1.29 is 9.84 Å². The Hall–Kier alpha value is -0.500. The summed E-state index contributed by atoms with van der Waals surface area (Å²) in [6.07, 6.45) is 7.01. The first-order valence-corrected chi connectivity index (χ1v) is 5.26. The zero-order valence-corrected chi connectivity index (χ0v) is 8.25. The van der Waals surface area contributed by atoms with Crippen LogP contribution in [0.1, 0.15) is 39.0 Å². The first-order valence-electron chi connectivity index (χ1n) is 5.26. The van der Waals surface area contributed by atoms with Gasteiger partial charge in [0.05, 0.1) is 6.61 Å². The topological polar surface area (TPSA) is 29.5 Å². The van der Waals surface area contributed by atoms with Gasteiger partial charge in [0.25, 0.3) is 0 Å². The van der Waals surface area contributed by atoms with E-state index in [4.69, 9.17) is 4.74 Å². The van der Waals surface area contributed by atoms with Crippen LogP contribution >= 0.6 is 0 Å². The van der Waals surface area contributed by atoms with Gasteiger partial charge in [0.2, 0.25) is 0 Å². The Morgan fingerprint density at radius 1 is 1.46 bits per heavy atom. The molecule has 74 valence electrons. The van der Waals surface area contributed by atoms with Gasteiger partial charge in [-0.15, -0.1) is 0 Å². The Labute approximate surface area is 79.6 Å². The quantitative estimate of drug-likeness (QED) is 0.674. The van der Waals surface area contributed by atoms with Crippen molar-refractivity contribution in [2.24, 2.45) is 5.92 Å². The second kappa shape index (κ2) is 3.33. The maximum atomic E-state index is 10.3. The molecule has 1 aliphatic carbocycles. The van der Waals surface area contributed by atoms with E-state index in [2.05, 4.69) is 13.0 Å². The smallest absolute Gasteiger partial charge is 0.124 e. The van der Waals surface area contributed by atoms with E-state index < -0.39 is 5.60 Å². The van der Waals surface area contributed by atoms with Crippen molar-refractivity contribution >= 4 is 0 Å². The lowest BCUT2D eigenvalue weighted by Crippen LogP contribution is -2.35. The van der Waals surface area contributed by atoms with E-state index in [9.17, 15) is 5.11 Å². The molecule has 0 amide bonds. The van der Waals surface area contributed by atoms with Crippen LogP contribution in [0.3, 0.4) is 0 Å². The molecular formula is C11H18O2. The molecule has 0 aromatic rings. The van der Waals surface area contributed by atoms with Gasteiger partial charge in [0.1, 0.15) is 11.4 Å². The van der Waals surface area contributed by atoms with E-state index in [1.165, 1.54) is 0 Å². The van der Waals surface area contributed by atoms with Crippen LogP contribution in [0.2, 0.25) is 0 Å². The van der Waals surface area contributed by atoms with Crippen molar-refractivity contribution in [3.05, 3.63) is 11.8 Å². The Morgan fingerprint density at radius 3 is 2.69 bits per heavy atom. The minimum atomic E-state index is -0.622. The highest BCUT2D eigenvalue weighted by atomic mass is 16.5. The van der Waals surface area contributed by atoms with Gasteiger partial charge < -0.3 is 9.84 Å². The number of hydrogen-bond acceptors (Lipinski definition) is 2. The molecule has 0 spiro atoms. The van der Waals surface area contributed by atoms with E-state index >= 15 is 0 Å². The van der Waals surface area contributed by atoms with Gasteiger partial charge in [-0.3, -0.25) is 0 Å². The van der Waals surface area contributed by atoms with Crippen molar-refractivity contribution in [3.8, 4) is 0 Å². The minimum Gasteiger partial charge on any atom is -0.495 e. The fourth-order valence-corrected chi connectivity index (χ4v) is 2.23. The molecule has 1 saturated carbocycles. The zero-order chi connectivity index (χ0) is 9.31. The highest BCUT2D eigenvalue weighted by Crippen LogP contribution is 2.38. The molecule has 0 bridgehead atoms. The fraction of sp³-hybridized carbons (Fsp3) is 0.818. The predicted molar refractivity (Wildman–Crippen MR) is 51.2 cm³/mol. The van der Waals surface area contributed by atoms with Gasteiger partial charge in [-0.2, -0.15) is 0 Å². The standard InChI is InChI=1S/C11H18O2/c1-9-4-6-11(12,7-5-9)10-3-2-8-13-10/h3,9,12H,2,4-8H2,1H3. The molecule has 1 fully saturated rings. The molecule has 1 heterocycles. The zero-order valence-electron chi connectivity index (χ0n) is 8.25.